The Labute approximate surface area is 252 Å². The molecule has 5 rings (SSSR count). The maximum absolute atomic E-state index is 13.2. The number of ether oxygens (including phenoxy) is 5. The highest BCUT2D eigenvalue weighted by molar-refractivity contribution is 5.75. The van der Waals surface area contributed by atoms with Gasteiger partial charge in [0.25, 0.3) is 0 Å². The van der Waals surface area contributed by atoms with E-state index in [1.54, 1.807) is 12.1 Å². The Balaban J connectivity index is 1.40. The number of aliphatic hydroxyl groups is 1. The van der Waals surface area contributed by atoms with Gasteiger partial charge in [0, 0.05) is 30.3 Å². The Morgan fingerprint density at radius 3 is 2.42 bits per heavy atom. The lowest BCUT2D eigenvalue weighted by atomic mass is 9.65. The van der Waals surface area contributed by atoms with Gasteiger partial charge in [0.05, 0.1) is 26.9 Å². The molecule has 0 spiro atoms. The molecule has 12 nitrogen and oxygen atoms in total. The highest BCUT2D eigenvalue weighted by Gasteiger charge is 2.52. The number of benzene rings is 2. The summed E-state index contributed by atoms with van der Waals surface area (Å²) in [5.74, 6) is 0.528. The molecule has 0 saturated carbocycles. The van der Waals surface area contributed by atoms with Gasteiger partial charge in [0.2, 0.25) is 12.5 Å². The Bertz CT molecular complexity index is 1250. The summed E-state index contributed by atoms with van der Waals surface area (Å²) in [4.78, 5) is 13.2. The number of methoxy groups -OCH3 is 2. The fraction of sp³-hybridized carbons (Fsp3) is 0.581. The molecule has 2 unspecified atom stereocenters. The number of amides is 2. The average molecular weight is 601 g/mol. The maximum atomic E-state index is 13.2. The molecule has 2 aliphatic heterocycles. The van der Waals surface area contributed by atoms with Crippen LogP contribution in [0.15, 0.2) is 24.3 Å². The van der Waals surface area contributed by atoms with E-state index >= 15 is 0 Å². The van der Waals surface area contributed by atoms with E-state index in [9.17, 15) is 15.0 Å². The summed E-state index contributed by atoms with van der Waals surface area (Å²) < 4.78 is 28.1. The summed E-state index contributed by atoms with van der Waals surface area (Å²) >= 11 is 0. The summed E-state index contributed by atoms with van der Waals surface area (Å²) in [6, 6.07) is 6.95. The number of aliphatic hydroxyl groups excluding tert-OH is 1. The fourth-order valence-electron chi connectivity index (χ4n) is 6.61. The average Bonchev–Trinajstić information content (AvgIpc) is 3.64. The first-order valence-corrected chi connectivity index (χ1v) is 15.1. The van der Waals surface area contributed by atoms with E-state index in [1.807, 2.05) is 12.1 Å². The Hall–Kier alpha value is -3.45. The van der Waals surface area contributed by atoms with Crippen LogP contribution in [0.1, 0.15) is 61.3 Å². The minimum Gasteiger partial charge on any atom is -0.502 e. The maximum Gasteiger partial charge on any atom is 0.315 e. The third-order valence-electron chi connectivity index (χ3n) is 8.81. The van der Waals surface area contributed by atoms with E-state index in [4.69, 9.17) is 29.4 Å². The van der Waals surface area contributed by atoms with Gasteiger partial charge in [-0.25, -0.2) is 4.79 Å². The molecule has 2 amide bonds. The van der Waals surface area contributed by atoms with Crippen molar-refractivity contribution in [1.82, 2.24) is 16.0 Å². The number of carbonyl (C=O) groups excluding carboxylic acids is 1. The molecular formula is C31H44N4O8. The number of hydrogen-bond acceptors (Lipinski definition) is 10. The first-order valence-electron chi connectivity index (χ1n) is 15.1. The van der Waals surface area contributed by atoms with Crippen molar-refractivity contribution in [2.75, 3.05) is 47.3 Å². The predicted molar refractivity (Wildman–Crippen MR) is 159 cm³/mol. The molecule has 3 aliphatic rings. The van der Waals surface area contributed by atoms with E-state index in [0.717, 1.165) is 48.9 Å². The van der Waals surface area contributed by atoms with Crippen LogP contribution >= 0.6 is 0 Å². The van der Waals surface area contributed by atoms with E-state index in [0.29, 0.717) is 30.6 Å². The molecule has 6 atom stereocenters. The third-order valence-corrected chi connectivity index (χ3v) is 8.81. The number of phenols is 1. The number of fused-ring (bicyclic) bond motifs is 3. The number of aromatic hydroxyl groups is 1. The van der Waals surface area contributed by atoms with Gasteiger partial charge in [-0.2, -0.15) is 0 Å². The van der Waals surface area contributed by atoms with Gasteiger partial charge in [0.1, 0.15) is 0 Å². The molecule has 43 heavy (non-hydrogen) atoms. The van der Waals surface area contributed by atoms with Crippen LogP contribution in [-0.4, -0.2) is 75.8 Å². The normalized spacial score (nSPS) is 24.2. The van der Waals surface area contributed by atoms with Gasteiger partial charge in [-0.1, -0.05) is 6.92 Å². The quantitative estimate of drug-likeness (QED) is 0.188. The monoisotopic (exact) mass is 600 g/mol. The standard InChI is InChI=1S/C31H44N4O8/c1-4-18(33-10-6-8-32)7-5-9-34-31(38)35-28-20-14-23-22(42-16-43-23)13-19(20)26(27-21(28)15-41-30(27)37)17-11-24(39-2)29(36)25(12-17)40-3/h11-14,18,21,26-28,30,33,36-37H,4-10,15-16,32H2,1-3H3,(H2,34,35,38)/t18?,21-,26+,27-,28+,30?/m0/s1. The smallest absolute Gasteiger partial charge is 0.315 e. The summed E-state index contributed by atoms with van der Waals surface area (Å²) in [7, 11) is 2.95. The van der Waals surface area contributed by atoms with Crippen LogP contribution in [0.3, 0.4) is 0 Å². The summed E-state index contributed by atoms with van der Waals surface area (Å²) in [6.45, 7) is 4.59. The van der Waals surface area contributed by atoms with Gasteiger partial charge >= 0.3 is 6.03 Å². The molecule has 7 N–H and O–H groups in total. The van der Waals surface area contributed by atoms with Crippen LogP contribution in [0.4, 0.5) is 4.79 Å². The largest absolute Gasteiger partial charge is 0.502 e. The lowest BCUT2D eigenvalue weighted by Gasteiger charge is -2.41. The molecule has 236 valence electrons. The molecule has 2 aromatic carbocycles. The topological polar surface area (TPSA) is 166 Å². The van der Waals surface area contributed by atoms with Crippen LogP contribution in [-0.2, 0) is 4.74 Å². The van der Waals surface area contributed by atoms with Gasteiger partial charge in [-0.15, -0.1) is 0 Å². The third kappa shape index (κ3) is 6.42. The van der Waals surface area contributed by atoms with Crippen molar-refractivity contribution in [2.45, 2.75) is 56.9 Å². The van der Waals surface area contributed by atoms with Crippen LogP contribution in [0.25, 0.3) is 0 Å². The van der Waals surface area contributed by atoms with Gasteiger partial charge in [0.15, 0.2) is 29.3 Å². The molecular weight excluding hydrogens is 556 g/mol. The molecule has 1 fully saturated rings. The minimum atomic E-state index is -1.08. The zero-order chi connectivity index (χ0) is 30.5. The zero-order valence-corrected chi connectivity index (χ0v) is 25.1. The molecule has 1 saturated heterocycles. The number of carbonyl (C=O) groups is 1. The lowest BCUT2D eigenvalue weighted by molar-refractivity contribution is -0.0855. The number of nitrogens with one attached hydrogen (secondary N) is 3. The van der Waals surface area contributed by atoms with Crippen molar-refractivity contribution in [2.24, 2.45) is 17.6 Å². The van der Waals surface area contributed by atoms with E-state index in [1.165, 1.54) is 14.2 Å². The van der Waals surface area contributed by atoms with Crippen molar-refractivity contribution in [3.63, 3.8) is 0 Å². The Kier molecular flexibility index (Phi) is 10.0. The number of nitrogens with two attached hydrogens (primary N) is 1. The second kappa shape index (κ2) is 13.9. The molecule has 0 aromatic heterocycles. The van der Waals surface area contributed by atoms with Crippen molar-refractivity contribution in [3.8, 4) is 28.7 Å². The van der Waals surface area contributed by atoms with Crippen LogP contribution in [0, 0.1) is 11.8 Å². The van der Waals surface area contributed by atoms with Crippen LogP contribution in [0.5, 0.6) is 28.7 Å². The lowest BCUT2D eigenvalue weighted by Crippen LogP contribution is -2.46. The van der Waals surface area contributed by atoms with E-state index in [2.05, 4.69) is 22.9 Å². The predicted octanol–water partition coefficient (Wildman–Crippen LogP) is 2.70. The zero-order valence-electron chi connectivity index (χ0n) is 25.1. The highest BCUT2D eigenvalue weighted by Crippen LogP contribution is 2.56. The van der Waals surface area contributed by atoms with Crippen molar-refractivity contribution < 1.29 is 38.7 Å². The highest BCUT2D eigenvalue weighted by atomic mass is 16.7. The second-order valence-corrected chi connectivity index (χ2v) is 11.3. The SMILES string of the molecule is CCC(CCCNC(=O)N[C@@H]1c2cc3c(cc2[C@@H](c2cc(OC)c(O)c(OC)c2)[C@H]2C(O)OC[C@@H]21)OCO3)NCCCN. The Morgan fingerprint density at radius 1 is 1.07 bits per heavy atom. The summed E-state index contributed by atoms with van der Waals surface area (Å²) in [5, 5.41) is 31.4. The number of urea groups is 1. The molecule has 12 heteroatoms. The second-order valence-electron chi connectivity index (χ2n) is 11.3. The van der Waals surface area contributed by atoms with Gasteiger partial charge in [-0.3, -0.25) is 0 Å². The minimum absolute atomic E-state index is 0.0980. The summed E-state index contributed by atoms with van der Waals surface area (Å²) in [6.07, 6.45) is 2.65. The van der Waals surface area contributed by atoms with Crippen molar-refractivity contribution in [1.29, 1.82) is 0 Å². The van der Waals surface area contributed by atoms with Crippen LogP contribution < -0.4 is 40.6 Å². The number of rotatable bonds is 13. The fourth-order valence-corrected chi connectivity index (χ4v) is 6.61. The number of hydrogen-bond donors (Lipinski definition) is 6. The molecule has 0 bridgehead atoms. The van der Waals surface area contributed by atoms with E-state index in [-0.39, 0.29) is 48.5 Å². The Morgan fingerprint density at radius 2 is 1.77 bits per heavy atom. The molecule has 0 radical (unpaired) electrons. The first-order chi connectivity index (χ1) is 20.9. The summed E-state index contributed by atoms with van der Waals surface area (Å²) in [5.41, 5.74) is 8.07. The van der Waals surface area contributed by atoms with Crippen LogP contribution in [0.2, 0.25) is 0 Å². The first kappa shape index (κ1) is 31.0. The van der Waals surface area contributed by atoms with Crippen molar-refractivity contribution >= 4 is 6.03 Å². The number of phenolic OH excluding ortho intramolecular Hbond substituents is 1. The molecule has 2 heterocycles. The van der Waals surface area contributed by atoms with Gasteiger partial charge < -0.3 is 55.6 Å². The molecule has 2 aromatic rings. The van der Waals surface area contributed by atoms with Crippen molar-refractivity contribution in [3.05, 3.63) is 41.0 Å². The molecule has 1 aliphatic carbocycles. The van der Waals surface area contributed by atoms with E-state index < -0.39 is 18.2 Å². The van der Waals surface area contributed by atoms with Gasteiger partial charge in [-0.05, 0) is 79.7 Å².